The van der Waals surface area contributed by atoms with Gasteiger partial charge in [-0.05, 0) is 47.1 Å². The number of fused-ring (bicyclic) bond motifs is 3. The highest BCUT2D eigenvalue weighted by Crippen LogP contribution is 2.50. The van der Waals surface area contributed by atoms with Gasteiger partial charge in [0.05, 0.1) is 0 Å². The van der Waals surface area contributed by atoms with Crippen LogP contribution in [0.4, 0.5) is 10.5 Å². The normalized spacial score (nSPS) is 21.2. The van der Waals surface area contributed by atoms with E-state index in [9.17, 15) is 9.90 Å². The van der Waals surface area contributed by atoms with Crippen molar-refractivity contribution in [1.82, 2.24) is 4.90 Å². The molecule has 6 heteroatoms. The van der Waals surface area contributed by atoms with Gasteiger partial charge in [0.15, 0.2) is 0 Å². The minimum Gasteiger partial charge on any atom is -0.465 e. The van der Waals surface area contributed by atoms with Gasteiger partial charge in [-0.25, -0.2) is 4.79 Å². The molecule has 4 rings (SSSR count). The Morgan fingerprint density at radius 2 is 1.79 bits per heavy atom. The molecule has 0 bridgehead atoms. The Bertz CT molecular complexity index is 968. The number of likely N-dealkylation sites (tertiary alicyclic amines) is 1. The Hall–Kier alpha value is -1.91. The molecule has 2 N–H and O–H groups in total. The molecule has 0 spiro atoms. The molecule has 2 heterocycles. The largest absolute Gasteiger partial charge is 0.465 e. The van der Waals surface area contributed by atoms with Crippen molar-refractivity contribution >= 4 is 35.0 Å². The minimum absolute atomic E-state index is 0.00391. The number of hydrogen-bond acceptors (Lipinski definition) is 2. The molecule has 0 aromatic heterocycles. The maximum atomic E-state index is 11.5. The quantitative estimate of drug-likeness (QED) is 0.532. The van der Waals surface area contributed by atoms with Crippen molar-refractivity contribution in [1.29, 1.82) is 0 Å². The average Bonchev–Trinajstić information content (AvgIpc) is 2.85. The van der Waals surface area contributed by atoms with Gasteiger partial charge in [0.2, 0.25) is 0 Å². The standard InChI is InChI=1S/C23H26Cl2N2O2/c1-23(2,3)17-7-6-15(14-5-4-13(24)12-18(14)25)20-16-8-10-27(22(28)29)11-9-19(16)26-21(17)20/h4-7,12,16,19,26H,8-11H2,1-3H3,(H,28,29). The summed E-state index contributed by atoms with van der Waals surface area (Å²) < 4.78 is 0. The van der Waals surface area contributed by atoms with Gasteiger partial charge in [-0.1, -0.05) is 62.2 Å². The summed E-state index contributed by atoms with van der Waals surface area (Å²) in [5.41, 5.74) is 5.81. The topological polar surface area (TPSA) is 52.6 Å². The number of amides is 1. The second-order valence-electron chi connectivity index (χ2n) is 9.03. The van der Waals surface area contributed by atoms with Crippen molar-refractivity contribution in [3.8, 4) is 11.1 Å². The van der Waals surface area contributed by atoms with Crippen LogP contribution in [0.25, 0.3) is 11.1 Å². The Morgan fingerprint density at radius 1 is 1.10 bits per heavy atom. The number of nitrogens with zero attached hydrogens (tertiary/aromatic N) is 1. The van der Waals surface area contributed by atoms with Crippen molar-refractivity contribution in [2.24, 2.45) is 0 Å². The van der Waals surface area contributed by atoms with Crippen LogP contribution in [-0.2, 0) is 5.41 Å². The Labute approximate surface area is 181 Å². The van der Waals surface area contributed by atoms with E-state index in [4.69, 9.17) is 23.2 Å². The molecule has 1 fully saturated rings. The van der Waals surface area contributed by atoms with E-state index in [1.807, 2.05) is 12.1 Å². The number of nitrogens with one attached hydrogen (secondary N) is 1. The fourth-order valence-electron chi connectivity index (χ4n) is 4.73. The van der Waals surface area contributed by atoms with Gasteiger partial charge >= 0.3 is 6.09 Å². The van der Waals surface area contributed by atoms with E-state index in [-0.39, 0.29) is 17.4 Å². The summed E-state index contributed by atoms with van der Waals surface area (Å²) in [6.45, 7) is 7.77. The van der Waals surface area contributed by atoms with E-state index in [1.54, 1.807) is 6.07 Å². The van der Waals surface area contributed by atoms with Gasteiger partial charge in [0.25, 0.3) is 0 Å². The van der Waals surface area contributed by atoms with Crippen LogP contribution in [0.5, 0.6) is 0 Å². The molecule has 2 unspecified atom stereocenters. The van der Waals surface area contributed by atoms with Crippen LogP contribution >= 0.6 is 23.2 Å². The number of hydrogen-bond donors (Lipinski definition) is 2. The third-order valence-corrected chi connectivity index (χ3v) is 6.70. The number of carboxylic acid groups (broad SMARTS) is 1. The van der Waals surface area contributed by atoms with Gasteiger partial charge in [0.1, 0.15) is 0 Å². The third kappa shape index (κ3) is 3.69. The molecule has 1 saturated heterocycles. The first-order chi connectivity index (χ1) is 13.7. The first kappa shape index (κ1) is 20.4. The number of anilines is 1. The number of carbonyl (C=O) groups is 1. The molecule has 0 radical (unpaired) electrons. The van der Waals surface area contributed by atoms with Crippen molar-refractivity contribution in [2.45, 2.75) is 51.0 Å². The average molecular weight is 433 g/mol. The van der Waals surface area contributed by atoms with Crippen molar-refractivity contribution < 1.29 is 9.90 Å². The second-order valence-corrected chi connectivity index (χ2v) is 9.87. The lowest BCUT2D eigenvalue weighted by Crippen LogP contribution is -2.31. The van der Waals surface area contributed by atoms with Crippen LogP contribution in [0.2, 0.25) is 10.0 Å². The van der Waals surface area contributed by atoms with Gasteiger partial charge in [-0.3, -0.25) is 0 Å². The first-order valence-corrected chi connectivity index (χ1v) is 10.8. The molecule has 0 aliphatic carbocycles. The second kappa shape index (κ2) is 7.41. The molecular weight excluding hydrogens is 407 g/mol. The highest BCUT2D eigenvalue weighted by atomic mass is 35.5. The maximum Gasteiger partial charge on any atom is 0.407 e. The summed E-state index contributed by atoms with van der Waals surface area (Å²) in [4.78, 5) is 13.0. The lowest BCUT2D eigenvalue weighted by Gasteiger charge is -2.25. The van der Waals surface area contributed by atoms with Crippen molar-refractivity contribution in [2.75, 3.05) is 18.4 Å². The zero-order valence-corrected chi connectivity index (χ0v) is 18.4. The first-order valence-electron chi connectivity index (χ1n) is 10.0. The molecular formula is C23H26Cl2N2O2. The molecule has 2 aromatic carbocycles. The van der Waals surface area contributed by atoms with E-state index in [1.165, 1.54) is 21.7 Å². The van der Waals surface area contributed by atoms with Crippen LogP contribution in [0, 0.1) is 0 Å². The monoisotopic (exact) mass is 432 g/mol. The Morgan fingerprint density at radius 3 is 2.45 bits per heavy atom. The number of rotatable bonds is 1. The van der Waals surface area contributed by atoms with E-state index in [2.05, 4.69) is 38.2 Å². The molecule has 29 heavy (non-hydrogen) atoms. The van der Waals surface area contributed by atoms with Crippen LogP contribution in [-0.4, -0.2) is 35.2 Å². The predicted octanol–water partition coefficient (Wildman–Crippen LogP) is 6.61. The number of benzene rings is 2. The molecule has 2 atom stereocenters. The molecule has 154 valence electrons. The molecule has 2 aromatic rings. The van der Waals surface area contributed by atoms with Gasteiger partial charge in [-0.15, -0.1) is 0 Å². The molecule has 1 amide bonds. The smallest absolute Gasteiger partial charge is 0.407 e. The fourth-order valence-corrected chi connectivity index (χ4v) is 5.24. The summed E-state index contributed by atoms with van der Waals surface area (Å²) in [7, 11) is 0. The lowest BCUT2D eigenvalue weighted by atomic mass is 9.80. The van der Waals surface area contributed by atoms with E-state index < -0.39 is 6.09 Å². The minimum atomic E-state index is -0.838. The fraction of sp³-hybridized carbons (Fsp3) is 0.435. The Kier molecular flexibility index (Phi) is 5.20. The maximum absolute atomic E-state index is 11.5. The van der Waals surface area contributed by atoms with Gasteiger partial charge in [0, 0.05) is 46.3 Å². The summed E-state index contributed by atoms with van der Waals surface area (Å²) in [5.74, 6) is 0.249. The zero-order valence-electron chi connectivity index (χ0n) is 16.9. The molecule has 2 aliphatic rings. The van der Waals surface area contributed by atoms with E-state index in [0.717, 1.165) is 24.0 Å². The third-order valence-electron chi connectivity index (χ3n) is 6.15. The summed E-state index contributed by atoms with van der Waals surface area (Å²) in [6.07, 6.45) is 0.751. The highest BCUT2D eigenvalue weighted by molar-refractivity contribution is 6.36. The molecule has 4 nitrogen and oxygen atoms in total. The van der Waals surface area contributed by atoms with Crippen molar-refractivity contribution in [3.05, 3.63) is 51.5 Å². The summed E-state index contributed by atoms with van der Waals surface area (Å²) >= 11 is 12.7. The SMILES string of the molecule is CC(C)(C)c1ccc(-c2ccc(Cl)cc2Cl)c2c1NC1CCN(C(=O)O)CCC21. The zero-order chi connectivity index (χ0) is 20.9. The van der Waals surface area contributed by atoms with E-state index in [0.29, 0.717) is 23.1 Å². The van der Waals surface area contributed by atoms with E-state index >= 15 is 0 Å². The van der Waals surface area contributed by atoms with Gasteiger partial charge in [-0.2, -0.15) is 0 Å². The van der Waals surface area contributed by atoms with Gasteiger partial charge < -0.3 is 15.3 Å². The predicted molar refractivity (Wildman–Crippen MR) is 120 cm³/mol. The molecule has 2 aliphatic heterocycles. The van der Waals surface area contributed by atoms with Crippen LogP contribution in [0.3, 0.4) is 0 Å². The summed E-state index contributed by atoms with van der Waals surface area (Å²) in [5, 5.41) is 14.5. The highest BCUT2D eigenvalue weighted by Gasteiger charge is 2.39. The summed E-state index contributed by atoms with van der Waals surface area (Å²) in [6, 6.07) is 10.2. The van der Waals surface area contributed by atoms with Crippen LogP contribution < -0.4 is 5.32 Å². The number of halogens is 2. The van der Waals surface area contributed by atoms with Crippen molar-refractivity contribution in [3.63, 3.8) is 0 Å². The lowest BCUT2D eigenvalue weighted by molar-refractivity contribution is 0.147. The Balaban J connectivity index is 1.86. The molecule has 0 saturated carbocycles. The van der Waals surface area contributed by atoms with Crippen LogP contribution in [0.1, 0.15) is 50.7 Å². The van der Waals surface area contributed by atoms with Crippen LogP contribution in [0.15, 0.2) is 30.3 Å².